The molecule has 0 amide bonds. The van der Waals surface area contributed by atoms with Crippen molar-refractivity contribution in [3.05, 3.63) is 94.0 Å². The second-order valence-electron chi connectivity index (χ2n) is 6.35. The topological polar surface area (TPSA) is 79.5 Å². The molecule has 30 heavy (non-hydrogen) atoms. The molecule has 3 aromatic rings. The van der Waals surface area contributed by atoms with Gasteiger partial charge in [-0.15, -0.1) is 0 Å². The highest BCUT2D eigenvalue weighted by molar-refractivity contribution is 6.30. The molecular weight excluding hydrogens is 402 g/mol. The quantitative estimate of drug-likeness (QED) is 0.393. The van der Waals surface area contributed by atoms with Crippen LogP contribution in [0, 0.1) is 11.3 Å². The molecule has 3 aromatic carbocycles. The van der Waals surface area contributed by atoms with Gasteiger partial charge in [-0.3, -0.25) is 0 Å². The second-order valence-corrected chi connectivity index (χ2v) is 6.79. The lowest BCUT2D eigenvalue weighted by Gasteiger charge is -2.14. The van der Waals surface area contributed by atoms with E-state index in [1.54, 1.807) is 60.7 Å². The van der Waals surface area contributed by atoms with Gasteiger partial charge in [-0.1, -0.05) is 48.0 Å². The number of para-hydroxylation sites is 1. The number of nitriles is 1. The summed E-state index contributed by atoms with van der Waals surface area (Å²) in [5.74, 6) is -0.0339. The number of nitrogens with zero attached hydrogens (tertiary/aromatic N) is 1. The zero-order valence-corrected chi connectivity index (χ0v) is 16.9. The Kier molecular flexibility index (Phi) is 6.74. The van der Waals surface area contributed by atoms with Crippen LogP contribution in [0.4, 0.5) is 0 Å². The number of hydrogen-bond acceptors (Lipinski definition) is 4. The molecule has 150 valence electrons. The van der Waals surface area contributed by atoms with Gasteiger partial charge in [0.15, 0.2) is 11.5 Å². The molecule has 0 heterocycles. The Morgan fingerprint density at radius 1 is 1.10 bits per heavy atom. The number of rotatable bonds is 7. The van der Waals surface area contributed by atoms with Gasteiger partial charge in [0.1, 0.15) is 6.61 Å². The average molecular weight is 420 g/mol. The van der Waals surface area contributed by atoms with E-state index < -0.39 is 5.97 Å². The summed E-state index contributed by atoms with van der Waals surface area (Å²) >= 11 is 5.94. The summed E-state index contributed by atoms with van der Waals surface area (Å²) < 4.78 is 11.4. The molecule has 3 rings (SSSR count). The zero-order chi connectivity index (χ0) is 21.5. The number of aromatic carboxylic acids is 1. The van der Waals surface area contributed by atoms with E-state index in [4.69, 9.17) is 26.2 Å². The van der Waals surface area contributed by atoms with E-state index in [-0.39, 0.29) is 12.2 Å². The summed E-state index contributed by atoms with van der Waals surface area (Å²) in [5, 5.41) is 19.4. The molecular formula is C24H18ClNO4. The lowest BCUT2D eigenvalue weighted by atomic mass is 10.0. The Hall–Kier alpha value is -3.75. The van der Waals surface area contributed by atoms with Crippen molar-refractivity contribution in [2.75, 3.05) is 7.11 Å². The van der Waals surface area contributed by atoms with Crippen LogP contribution in [-0.2, 0) is 6.61 Å². The highest BCUT2D eigenvalue weighted by Crippen LogP contribution is 2.34. The van der Waals surface area contributed by atoms with E-state index in [0.29, 0.717) is 33.2 Å². The Morgan fingerprint density at radius 3 is 2.50 bits per heavy atom. The van der Waals surface area contributed by atoms with Crippen molar-refractivity contribution in [1.82, 2.24) is 0 Å². The molecule has 0 aromatic heterocycles. The smallest absolute Gasteiger partial charge is 0.335 e. The van der Waals surface area contributed by atoms with Crippen LogP contribution in [-0.4, -0.2) is 18.2 Å². The molecule has 0 aliphatic rings. The predicted molar refractivity (Wildman–Crippen MR) is 116 cm³/mol. The molecule has 5 nitrogen and oxygen atoms in total. The van der Waals surface area contributed by atoms with E-state index in [0.717, 1.165) is 5.56 Å². The van der Waals surface area contributed by atoms with Crippen LogP contribution < -0.4 is 9.47 Å². The molecule has 6 heteroatoms. The predicted octanol–water partition coefficient (Wildman–Crippen LogP) is 5.69. The number of ether oxygens (including phenoxy) is 2. The number of methoxy groups -OCH3 is 1. The van der Waals surface area contributed by atoms with Crippen LogP contribution in [0.5, 0.6) is 11.5 Å². The minimum absolute atomic E-state index is 0.144. The summed E-state index contributed by atoms with van der Waals surface area (Å²) in [6.45, 7) is 0.144. The number of hydrogen-bond donors (Lipinski definition) is 1. The lowest BCUT2D eigenvalue weighted by molar-refractivity contribution is 0.0696. The summed E-state index contributed by atoms with van der Waals surface area (Å²) in [5.41, 5.74) is 2.72. The summed E-state index contributed by atoms with van der Waals surface area (Å²) in [4.78, 5) is 11.2. The Morgan fingerprint density at radius 2 is 1.83 bits per heavy atom. The fourth-order valence-corrected chi connectivity index (χ4v) is 3.00. The molecule has 0 atom stereocenters. The van der Waals surface area contributed by atoms with Crippen LogP contribution >= 0.6 is 11.6 Å². The molecule has 0 saturated carbocycles. The molecule has 0 spiro atoms. The fourth-order valence-electron chi connectivity index (χ4n) is 2.88. The average Bonchev–Trinajstić information content (AvgIpc) is 2.77. The van der Waals surface area contributed by atoms with Crippen molar-refractivity contribution in [2.45, 2.75) is 6.61 Å². The van der Waals surface area contributed by atoms with Gasteiger partial charge in [0, 0.05) is 10.6 Å². The molecule has 0 unspecified atom stereocenters. The van der Waals surface area contributed by atoms with Crippen LogP contribution in [0.25, 0.3) is 11.6 Å². The number of carbonyl (C=O) groups is 1. The lowest BCUT2D eigenvalue weighted by Crippen LogP contribution is -2.02. The molecule has 1 N–H and O–H groups in total. The number of allylic oxidation sites excluding steroid dienone is 1. The minimum Gasteiger partial charge on any atom is -0.493 e. The Labute approximate surface area is 179 Å². The molecule has 0 aliphatic heterocycles. The van der Waals surface area contributed by atoms with E-state index in [2.05, 4.69) is 6.07 Å². The number of carboxylic acids is 1. The maximum Gasteiger partial charge on any atom is 0.335 e. The van der Waals surface area contributed by atoms with E-state index in [9.17, 15) is 10.1 Å². The molecule has 0 saturated heterocycles. The van der Waals surface area contributed by atoms with Gasteiger partial charge in [-0.2, -0.15) is 5.26 Å². The van der Waals surface area contributed by atoms with Crippen molar-refractivity contribution < 1.29 is 19.4 Å². The van der Waals surface area contributed by atoms with Gasteiger partial charge in [0.2, 0.25) is 0 Å². The number of carboxylic acid groups (broad SMARTS) is 1. The van der Waals surface area contributed by atoms with Crippen LogP contribution in [0.3, 0.4) is 0 Å². The summed E-state index contributed by atoms with van der Waals surface area (Å²) in [6.07, 6.45) is 1.72. The van der Waals surface area contributed by atoms with Crippen LogP contribution in [0.1, 0.15) is 27.0 Å². The van der Waals surface area contributed by atoms with Crippen molar-refractivity contribution >= 4 is 29.2 Å². The van der Waals surface area contributed by atoms with Gasteiger partial charge in [-0.25, -0.2) is 4.79 Å². The standard InChI is InChI=1S/C24H18ClNO4/c1-29-22-7-3-5-18(13-20(14-26)17-8-10-21(25)11-9-17)23(22)30-15-16-4-2-6-19(12-16)24(27)28/h2-13H,15H2,1H3,(H,27,28)/b20-13-. The van der Waals surface area contributed by atoms with E-state index in [1.807, 2.05) is 6.07 Å². The maximum absolute atomic E-state index is 11.2. The molecule has 0 bridgehead atoms. The first-order valence-electron chi connectivity index (χ1n) is 9.01. The van der Waals surface area contributed by atoms with Gasteiger partial charge < -0.3 is 14.6 Å². The highest BCUT2D eigenvalue weighted by atomic mass is 35.5. The first kappa shape index (κ1) is 21.0. The Balaban J connectivity index is 1.95. The first-order chi connectivity index (χ1) is 14.5. The third-order valence-corrected chi connectivity index (χ3v) is 4.61. The molecule has 0 aliphatic carbocycles. The summed E-state index contributed by atoms with van der Waals surface area (Å²) in [6, 6.07) is 21.1. The minimum atomic E-state index is -1.00. The zero-order valence-electron chi connectivity index (χ0n) is 16.1. The van der Waals surface area contributed by atoms with Crippen molar-refractivity contribution in [1.29, 1.82) is 5.26 Å². The van der Waals surface area contributed by atoms with Gasteiger partial charge in [-0.05, 0) is 47.5 Å². The van der Waals surface area contributed by atoms with E-state index in [1.165, 1.54) is 13.2 Å². The van der Waals surface area contributed by atoms with Crippen LogP contribution in [0.15, 0.2) is 66.7 Å². The van der Waals surface area contributed by atoms with Crippen molar-refractivity contribution in [2.24, 2.45) is 0 Å². The first-order valence-corrected chi connectivity index (χ1v) is 9.39. The van der Waals surface area contributed by atoms with Gasteiger partial charge in [0.25, 0.3) is 0 Å². The monoisotopic (exact) mass is 419 g/mol. The second kappa shape index (κ2) is 9.64. The molecule has 0 fully saturated rings. The van der Waals surface area contributed by atoms with E-state index >= 15 is 0 Å². The molecule has 0 radical (unpaired) electrons. The third kappa shape index (κ3) is 4.99. The fraction of sp³-hybridized carbons (Fsp3) is 0.0833. The maximum atomic E-state index is 11.2. The van der Waals surface area contributed by atoms with Gasteiger partial charge in [0.05, 0.1) is 24.3 Å². The third-order valence-electron chi connectivity index (χ3n) is 4.36. The van der Waals surface area contributed by atoms with Crippen molar-refractivity contribution in [3.8, 4) is 17.6 Å². The van der Waals surface area contributed by atoms with Crippen molar-refractivity contribution in [3.63, 3.8) is 0 Å². The van der Waals surface area contributed by atoms with Gasteiger partial charge >= 0.3 is 5.97 Å². The largest absolute Gasteiger partial charge is 0.493 e. The Bertz CT molecular complexity index is 1130. The number of halogens is 1. The number of benzene rings is 3. The van der Waals surface area contributed by atoms with Crippen LogP contribution in [0.2, 0.25) is 5.02 Å². The normalized spacial score (nSPS) is 10.9. The SMILES string of the molecule is COc1cccc(/C=C(/C#N)c2ccc(Cl)cc2)c1OCc1cccc(C(=O)O)c1. The highest BCUT2D eigenvalue weighted by Gasteiger charge is 2.12. The summed E-state index contributed by atoms with van der Waals surface area (Å²) in [7, 11) is 1.53.